The number of thiazole rings is 1. The third-order valence-electron chi connectivity index (χ3n) is 3.34. The maximum atomic E-state index is 9.32. The van der Waals surface area contributed by atoms with Crippen molar-refractivity contribution in [3.05, 3.63) is 64.0 Å². The average molecular weight is 369 g/mol. The molecule has 3 aromatic rings. The van der Waals surface area contributed by atoms with Crippen molar-refractivity contribution in [2.24, 2.45) is 5.10 Å². The van der Waals surface area contributed by atoms with Gasteiger partial charge in [0.2, 0.25) is 5.13 Å². The van der Waals surface area contributed by atoms with Crippen molar-refractivity contribution in [3.63, 3.8) is 0 Å². The van der Waals surface area contributed by atoms with Crippen LogP contribution in [0.5, 0.6) is 5.75 Å². The summed E-state index contributed by atoms with van der Waals surface area (Å²) in [6.07, 6.45) is 1.68. The molecule has 0 unspecified atom stereocenters. The molecule has 0 saturated heterocycles. The minimum absolute atomic E-state index is 0.518. The van der Waals surface area contributed by atoms with Crippen molar-refractivity contribution in [3.8, 4) is 23.1 Å². The van der Waals surface area contributed by atoms with E-state index in [1.807, 2.05) is 36.4 Å². The molecule has 2 aromatic carbocycles. The fourth-order valence-corrected chi connectivity index (χ4v) is 2.96. The molecule has 0 amide bonds. The predicted molar refractivity (Wildman–Crippen MR) is 101 cm³/mol. The Bertz CT molecular complexity index is 927. The number of methoxy groups -OCH3 is 1. The minimum Gasteiger partial charge on any atom is -0.497 e. The molecule has 0 radical (unpaired) electrons. The molecule has 0 atom stereocenters. The van der Waals surface area contributed by atoms with Crippen molar-refractivity contribution in [1.82, 2.24) is 4.98 Å². The monoisotopic (exact) mass is 368 g/mol. The Kier molecular flexibility index (Phi) is 5.29. The van der Waals surface area contributed by atoms with E-state index < -0.39 is 0 Å². The van der Waals surface area contributed by atoms with Gasteiger partial charge in [0, 0.05) is 10.6 Å². The van der Waals surface area contributed by atoms with Crippen molar-refractivity contribution in [2.45, 2.75) is 0 Å². The van der Waals surface area contributed by atoms with E-state index in [0.29, 0.717) is 20.7 Å². The van der Waals surface area contributed by atoms with Crippen LogP contribution in [0.15, 0.2) is 53.6 Å². The van der Waals surface area contributed by atoms with E-state index in [9.17, 15) is 5.26 Å². The fraction of sp³-hybridized carbons (Fsp3) is 0.0556. The normalized spacial score (nSPS) is 10.6. The predicted octanol–water partition coefficient (Wildman–Crippen LogP) is 4.79. The lowest BCUT2D eigenvalue weighted by Gasteiger charge is -1.99. The summed E-state index contributed by atoms with van der Waals surface area (Å²) in [7, 11) is 1.62. The van der Waals surface area contributed by atoms with Gasteiger partial charge in [0.05, 0.1) is 13.3 Å². The summed E-state index contributed by atoms with van der Waals surface area (Å²) in [6, 6.07) is 16.9. The van der Waals surface area contributed by atoms with Crippen LogP contribution in [0.3, 0.4) is 0 Å². The first-order valence-corrected chi connectivity index (χ1v) is 8.49. The number of hydrazone groups is 1. The fourth-order valence-electron chi connectivity index (χ4n) is 2.10. The molecule has 0 bridgehead atoms. The number of nitriles is 1. The van der Waals surface area contributed by atoms with Gasteiger partial charge in [0.25, 0.3) is 0 Å². The smallest absolute Gasteiger partial charge is 0.205 e. The molecule has 0 fully saturated rings. The maximum Gasteiger partial charge on any atom is 0.205 e. The zero-order valence-corrected chi connectivity index (χ0v) is 14.8. The second-order valence-electron chi connectivity index (χ2n) is 4.96. The number of ether oxygens (including phenoxy) is 1. The van der Waals surface area contributed by atoms with E-state index >= 15 is 0 Å². The summed E-state index contributed by atoms with van der Waals surface area (Å²) in [4.78, 5) is 4.97. The topological polar surface area (TPSA) is 70.3 Å². The third-order valence-corrected chi connectivity index (χ3v) is 4.45. The number of hydrogen-bond acceptors (Lipinski definition) is 6. The zero-order valence-electron chi connectivity index (χ0n) is 13.2. The quantitative estimate of drug-likeness (QED) is 0.519. The Morgan fingerprint density at radius 1 is 1.20 bits per heavy atom. The van der Waals surface area contributed by atoms with Gasteiger partial charge in [-0.15, -0.1) is 0 Å². The number of nitrogens with zero attached hydrogens (tertiary/aromatic N) is 3. The Balaban J connectivity index is 1.76. The number of anilines is 1. The number of rotatable bonds is 5. The summed E-state index contributed by atoms with van der Waals surface area (Å²) in [5, 5.41) is 14.7. The molecule has 7 heteroatoms. The molecule has 25 heavy (non-hydrogen) atoms. The average Bonchev–Trinajstić information content (AvgIpc) is 3.06. The minimum atomic E-state index is 0.518. The zero-order chi connectivity index (χ0) is 17.6. The van der Waals surface area contributed by atoms with E-state index in [1.165, 1.54) is 11.3 Å². The molecule has 1 aromatic heterocycles. The summed E-state index contributed by atoms with van der Waals surface area (Å²) in [5.74, 6) is 0.788. The van der Waals surface area contributed by atoms with Crippen LogP contribution < -0.4 is 10.2 Å². The summed E-state index contributed by atoms with van der Waals surface area (Å²) in [6.45, 7) is 0. The highest BCUT2D eigenvalue weighted by Gasteiger charge is 2.12. The molecule has 0 aliphatic carbocycles. The Labute approximate surface area is 154 Å². The molecule has 0 spiro atoms. The van der Waals surface area contributed by atoms with E-state index in [1.54, 1.807) is 25.5 Å². The SMILES string of the molecule is COc1ccc(/C=N/Nc2nc(-c3ccc(Cl)cc3)c(C#N)s2)cc1. The van der Waals surface area contributed by atoms with Crippen molar-refractivity contribution in [1.29, 1.82) is 5.26 Å². The van der Waals surface area contributed by atoms with Crippen molar-refractivity contribution < 1.29 is 4.74 Å². The third kappa shape index (κ3) is 4.15. The molecule has 5 nitrogen and oxygen atoms in total. The highest BCUT2D eigenvalue weighted by Crippen LogP contribution is 2.31. The number of hydrogen-bond donors (Lipinski definition) is 1. The second-order valence-corrected chi connectivity index (χ2v) is 6.39. The first-order valence-electron chi connectivity index (χ1n) is 7.29. The van der Waals surface area contributed by atoms with Gasteiger partial charge in [-0.3, -0.25) is 5.43 Å². The lowest BCUT2D eigenvalue weighted by atomic mass is 10.1. The van der Waals surface area contributed by atoms with Gasteiger partial charge in [-0.2, -0.15) is 10.4 Å². The van der Waals surface area contributed by atoms with Crippen LogP contribution in [-0.2, 0) is 0 Å². The van der Waals surface area contributed by atoms with Gasteiger partial charge >= 0.3 is 0 Å². The molecular weight excluding hydrogens is 356 g/mol. The Morgan fingerprint density at radius 3 is 2.56 bits per heavy atom. The Morgan fingerprint density at radius 2 is 1.92 bits per heavy atom. The lowest BCUT2D eigenvalue weighted by Crippen LogP contribution is -1.90. The van der Waals surface area contributed by atoms with Crippen molar-refractivity contribution >= 4 is 34.3 Å². The van der Waals surface area contributed by atoms with Gasteiger partial charge in [-0.1, -0.05) is 35.1 Å². The van der Waals surface area contributed by atoms with Gasteiger partial charge in [-0.05, 0) is 42.0 Å². The largest absolute Gasteiger partial charge is 0.497 e. The van der Waals surface area contributed by atoms with Crippen LogP contribution >= 0.6 is 22.9 Å². The van der Waals surface area contributed by atoms with E-state index in [4.69, 9.17) is 16.3 Å². The van der Waals surface area contributed by atoms with Crippen molar-refractivity contribution in [2.75, 3.05) is 12.5 Å². The molecule has 0 aliphatic heterocycles. The van der Waals surface area contributed by atoms with Gasteiger partial charge in [0.1, 0.15) is 22.4 Å². The molecular formula is C18H13ClN4OS. The van der Waals surface area contributed by atoms with Crippen LogP contribution in [0.2, 0.25) is 5.02 Å². The molecule has 1 N–H and O–H groups in total. The van der Waals surface area contributed by atoms with Crippen LogP contribution in [-0.4, -0.2) is 18.3 Å². The lowest BCUT2D eigenvalue weighted by molar-refractivity contribution is 0.415. The first kappa shape index (κ1) is 17.0. The molecule has 124 valence electrons. The highest BCUT2D eigenvalue weighted by atomic mass is 35.5. The Hall–Kier alpha value is -2.88. The number of aromatic nitrogens is 1. The van der Waals surface area contributed by atoms with E-state index in [-0.39, 0.29) is 0 Å². The standard InChI is InChI=1S/C18H13ClN4OS/c1-24-15-8-2-12(3-9-15)11-21-23-18-22-17(16(10-20)25-18)13-4-6-14(19)7-5-13/h2-9,11H,1H3,(H,22,23)/b21-11+. The number of halogens is 1. The first-order chi connectivity index (χ1) is 12.2. The van der Waals surface area contributed by atoms with Crippen LogP contribution in [0.1, 0.15) is 10.4 Å². The molecule has 0 saturated carbocycles. The van der Waals surface area contributed by atoms with Gasteiger partial charge < -0.3 is 4.74 Å². The van der Waals surface area contributed by atoms with Crippen LogP contribution in [0.25, 0.3) is 11.3 Å². The molecule has 1 heterocycles. The second kappa shape index (κ2) is 7.79. The van der Waals surface area contributed by atoms with Crippen LogP contribution in [0, 0.1) is 11.3 Å². The van der Waals surface area contributed by atoms with Crippen LogP contribution in [0.4, 0.5) is 5.13 Å². The van der Waals surface area contributed by atoms with E-state index in [2.05, 4.69) is 21.6 Å². The molecule has 3 rings (SSSR count). The summed E-state index contributed by atoms with van der Waals surface area (Å²) >= 11 is 7.15. The summed E-state index contributed by atoms with van der Waals surface area (Å²) < 4.78 is 5.11. The van der Waals surface area contributed by atoms with Gasteiger partial charge in [0.15, 0.2) is 0 Å². The summed E-state index contributed by atoms with van der Waals surface area (Å²) in [5.41, 5.74) is 5.24. The van der Waals surface area contributed by atoms with Gasteiger partial charge in [-0.25, -0.2) is 4.98 Å². The number of nitrogens with one attached hydrogen (secondary N) is 1. The van der Waals surface area contributed by atoms with E-state index in [0.717, 1.165) is 16.9 Å². The number of benzene rings is 2. The molecule has 0 aliphatic rings. The maximum absolute atomic E-state index is 9.32. The highest BCUT2D eigenvalue weighted by molar-refractivity contribution is 7.16.